The first kappa shape index (κ1) is 16.5. The van der Waals surface area contributed by atoms with Gasteiger partial charge in [0, 0.05) is 7.11 Å². The fourth-order valence-corrected chi connectivity index (χ4v) is 3.50. The molecular formula is C18H30N2O. The van der Waals surface area contributed by atoms with Gasteiger partial charge in [-0.15, -0.1) is 0 Å². The average molecular weight is 290 g/mol. The van der Waals surface area contributed by atoms with Crippen LogP contribution < -0.4 is 11.3 Å². The van der Waals surface area contributed by atoms with E-state index in [4.69, 9.17) is 10.6 Å². The summed E-state index contributed by atoms with van der Waals surface area (Å²) in [5.74, 6) is 5.87. The zero-order valence-electron chi connectivity index (χ0n) is 13.7. The fraction of sp³-hybridized carbons (Fsp3) is 0.667. The summed E-state index contributed by atoms with van der Waals surface area (Å²) in [7, 11) is 1.84. The number of benzene rings is 1. The second-order valence-electron chi connectivity index (χ2n) is 7.18. The summed E-state index contributed by atoms with van der Waals surface area (Å²) in [6.07, 6.45) is 6.61. The molecule has 1 atom stereocenters. The van der Waals surface area contributed by atoms with Gasteiger partial charge in [0.1, 0.15) is 0 Å². The Morgan fingerprint density at radius 2 is 1.76 bits per heavy atom. The maximum atomic E-state index is 5.97. The van der Waals surface area contributed by atoms with Gasteiger partial charge in [-0.3, -0.25) is 11.3 Å². The van der Waals surface area contributed by atoms with Crippen LogP contribution in [0.1, 0.15) is 51.5 Å². The standard InChI is InChI=1S/C18H30N2O/c1-17(2)11-13-18(21-3,14-12-17)16(20-19)10-9-15-7-5-4-6-8-15/h4-8,16,20H,9-14,19H2,1-3H3. The Morgan fingerprint density at radius 3 is 2.29 bits per heavy atom. The number of ether oxygens (including phenoxy) is 1. The average Bonchev–Trinajstić information content (AvgIpc) is 2.50. The summed E-state index contributed by atoms with van der Waals surface area (Å²) in [5, 5.41) is 0. The minimum absolute atomic E-state index is 0.112. The van der Waals surface area contributed by atoms with Crippen LogP contribution in [0.4, 0.5) is 0 Å². The van der Waals surface area contributed by atoms with E-state index in [2.05, 4.69) is 49.6 Å². The Morgan fingerprint density at radius 1 is 1.14 bits per heavy atom. The third-order valence-electron chi connectivity index (χ3n) is 5.26. The summed E-state index contributed by atoms with van der Waals surface area (Å²) >= 11 is 0. The van der Waals surface area contributed by atoms with Crippen LogP contribution in [0.25, 0.3) is 0 Å². The summed E-state index contributed by atoms with van der Waals surface area (Å²) in [5.41, 5.74) is 4.72. The van der Waals surface area contributed by atoms with Gasteiger partial charge in [-0.2, -0.15) is 0 Å². The molecule has 3 N–H and O–H groups in total. The van der Waals surface area contributed by atoms with Crippen molar-refractivity contribution in [1.82, 2.24) is 5.43 Å². The number of hydrazine groups is 1. The molecule has 1 saturated carbocycles. The van der Waals surface area contributed by atoms with Crippen molar-refractivity contribution in [2.75, 3.05) is 7.11 Å². The molecule has 0 aromatic heterocycles. The number of methoxy groups -OCH3 is 1. The van der Waals surface area contributed by atoms with E-state index < -0.39 is 0 Å². The predicted octanol–water partition coefficient (Wildman–Crippen LogP) is 3.44. The number of hydrogen-bond donors (Lipinski definition) is 2. The highest BCUT2D eigenvalue weighted by atomic mass is 16.5. The van der Waals surface area contributed by atoms with Crippen LogP contribution in [0.5, 0.6) is 0 Å². The van der Waals surface area contributed by atoms with Gasteiger partial charge in [0.25, 0.3) is 0 Å². The van der Waals surface area contributed by atoms with E-state index in [9.17, 15) is 0 Å². The molecule has 21 heavy (non-hydrogen) atoms. The van der Waals surface area contributed by atoms with Gasteiger partial charge in [-0.25, -0.2) is 0 Å². The van der Waals surface area contributed by atoms with Crippen LogP contribution in [-0.2, 0) is 11.2 Å². The SMILES string of the molecule is COC1(C(CCc2ccccc2)NN)CCC(C)(C)CC1. The summed E-state index contributed by atoms with van der Waals surface area (Å²) in [4.78, 5) is 0. The topological polar surface area (TPSA) is 47.3 Å². The van der Waals surface area contributed by atoms with Crippen molar-refractivity contribution in [2.24, 2.45) is 11.3 Å². The van der Waals surface area contributed by atoms with Crippen molar-refractivity contribution in [3.8, 4) is 0 Å². The maximum absolute atomic E-state index is 5.97. The van der Waals surface area contributed by atoms with Gasteiger partial charge in [-0.1, -0.05) is 44.2 Å². The van der Waals surface area contributed by atoms with Crippen LogP contribution >= 0.6 is 0 Å². The van der Waals surface area contributed by atoms with Gasteiger partial charge in [0.05, 0.1) is 11.6 Å². The van der Waals surface area contributed by atoms with Crippen LogP contribution in [0, 0.1) is 5.41 Å². The number of hydrogen-bond acceptors (Lipinski definition) is 3. The lowest BCUT2D eigenvalue weighted by Gasteiger charge is -2.47. The first-order valence-electron chi connectivity index (χ1n) is 8.07. The van der Waals surface area contributed by atoms with Crippen molar-refractivity contribution in [3.63, 3.8) is 0 Å². The van der Waals surface area contributed by atoms with Crippen LogP contribution in [0.15, 0.2) is 30.3 Å². The highest BCUT2D eigenvalue weighted by Crippen LogP contribution is 2.43. The van der Waals surface area contributed by atoms with Crippen molar-refractivity contribution in [1.29, 1.82) is 0 Å². The van der Waals surface area contributed by atoms with Crippen molar-refractivity contribution in [3.05, 3.63) is 35.9 Å². The Balaban J connectivity index is 2.01. The normalized spacial score (nSPS) is 21.9. The zero-order valence-corrected chi connectivity index (χ0v) is 13.7. The molecule has 0 radical (unpaired) electrons. The van der Waals surface area contributed by atoms with Crippen molar-refractivity contribution in [2.45, 2.75) is 64.0 Å². The smallest absolute Gasteiger partial charge is 0.0844 e. The number of aryl methyl sites for hydroxylation is 1. The lowest BCUT2D eigenvalue weighted by Crippen LogP contribution is -2.56. The number of nitrogens with two attached hydrogens (primary N) is 1. The van der Waals surface area contributed by atoms with Crippen LogP contribution in [0.2, 0.25) is 0 Å². The predicted molar refractivity (Wildman–Crippen MR) is 87.9 cm³/mol. The second kappa shape index (κ2) is 6.91. The number of rotatable bonds is 6. The van der Waals surface area contributed by atoms with E-state index in [1.54, 1.807) is 0 Å². The monoisotopic (exact) mass is 290 g/mol. The quantitative estimate of drug-likeness (QED) is 0.623. The van der Waals surface area contributed by atoms with Gasteiger partial charge < -0.3 is 4.74 Å². The molecule has 118 valence electrons. The molecule has 3 nitrogen and oxygen atoms in total. The van der Waals surface area contributed by atoms with Crippen LogP contribution in [-0.4, -0.2) is 18.8 Å². The van der Waals surface area contributed by atoms with E-state index in [0.717, 1.165) is 25.7 Å². The lowest BCUT2D eigenvalue weighted by molar-refractivity contribution is -0.0878. The molecule has 0 heterocycles. The molecular weight excluding hydrogens is 260 g/mol. The first-order chi connectivity index (χ1) is 10.0. The van der Waals surface area contributed by atoms with Gasteiger partial charge in [0.2, 0.25) is 0 Å². The van der Waals surface area contributed by atoms with Crippen molar-refractivity contribution >= 4 is 0 Å². The summed E-state index contributed by atoms with van der Waals surface area (Å²) in [6.45, 7) is 4.70. The molecule has 1 unspecified atom stereocenters. The summed E-state index contributed by atoms with van der Waals surface area (Å²) in [6, 6.07) is 10.8. The molecule has 0 aliphatic heterocycles. The van der Waals surface area contributed by atoms with Crippen LogP contribution in [0.3, 0.4) is 0 Å². The summed E-state index contributed by atoms with van der Waals surface area (Å²) < 4.78 is 5.97. The van der Waals surface area contributed by atoms with Gasteiger partial charge in [0.15, 0.2) is 0 Å². The highest BCUT2D eigenvalue weighted by Gasteiger charge is 2.43. The molecule has 3 heteroatoms. The number of nitrogens with one attached hydrogen (secondary N) is 1. The lowest BCUT2D eigenvalue weighted by atomic mass is 9.68. The molecule has 0 amide bonds. The molecule has 1 fully saturated rings. The van der Waals surface area contributed by atoms with E-state index in [1.807, 2.05) is 7.11 Å². The molecule has 1 aliphatic carbocycles. The Kier molecular flexibility index (Phi) is 5.42. The molecule has 1 aromatic rings. The third kappa shape index (κ3) is 4.06. The fourth-order valence-electron chi connectivity index (χ4n) is 3.50. The van der Waals surface area contributed by atoms with Crippen molar-refractivity contribution < 1.29 is 4.74 Å². The second-order valence-corrected chi connectivity index (χ2v) is 7.18. The molecule has 0 saturated heterocycles. The molecule has 2 rings (SSSR count). The van der Waals surface area contributed by atoms with E-state index in [0.29, 0.717) is 5.41 Å². The molecule has 1 aromatic carbocycles. The Bertz CT molecular complexity index is 420. The zero-order chi connectivity index (χ0) is 15.3. The van der Waals surface area contributed by atoms with E-state index >= 15 is 0 Å². The van der Waals surface area contributed by atoms with Gasteiger partial charge in [-0.05, 0) is 49.5 Å². The molecule has 0 bridgehead atoms. The molecule has 1 aliphatic rings. The third-order valence-corrected chi connectivity index (χ3v) is 5.26. The highest BCUT2D eigenvalue weighted by molar-refractivity contribution is 5.15. The minimum Gasteiger partial charge on any atom is -0.377 e. The van der Waals surface area contributed by atoms with E-state index in [1.165, 1.54) is 18.4 Å². The minimum atomic E-state index is -0.112. The van der Waals surface area contributed by atoms with E-state index in [-0.39, 0.29) is 11.6 Å². The largest absolute Gasteiger partial charge is 0.377 e. The Labute approximate surface area is 129 Å². The maximum Gasteiger partial charge on any atom is 0.0844 e. The first-order valence-corrected chi connectivity index (χ1v) is 8.07. The molecule has 0 spiro atoms. The van der Waals surface area contributed by atoms with Gasteiger partial charge >= 0.3 is 0 Å². The Hall–Kier alpha value is -0.900.